The molecule has 0 saturated heterocycles. The number of nitrogens with one attached hydrogen (secondary N) is 2. The van der Waals surface area contributed by atoms with Crippen LogP contribution >= 0.6 is 11.3 Å². The molecule has 2 aromatic rings. The summed E-state index contributed by atoms with van der Waals surface area (Å²) in [5.41, 5.74) is -0.232. The van der Waals surface area contributed by atoms with E-state index < -0.39 is 17.1 Å². The van der Waals surface area contributed by atoms with Crippen molar-refractivity contribution >= 4 is 17.2 Å². The van der Waals surface area contributed by atoms with E-state index in [2.05, 4.69) is 15.5 Å². The lowest BCUT2D eigenvalue weighted by Crippen LogP contribution is -2.40. The molecule has 6 nitrogen and oxygen atoms in total. The summed E-state index contributed by atoms with van der Waals surface area (Å²) in [7, 11) is 0. The zero-order chi connectivity index (χ0) is 17.0. The SMILES string of the molecule is CCc1n[nH]c(=O)c(C(=O)NCC(C)(O)c2cccs2)c1CC. The topological polar surface area (TPSA) is 95.1 Å². The van der Waals surface area contributed by atoms with Gasteiger partial charge in [0.05, 0.1) is 12.2 Å². The summed E-state index contributed by atoms with van der Waals surface area (Å²) in [5.74, 6) is -0.489. The summed E-state index contributed by atoms with van der Waals surface area (Å²) < 4.78 is 0. The van der Waals surface area contributed by atoms with Crippen molar-refractivity contribution < 1.29 is 9.90 Å². The minimum atomic E-state index is -1.18. The molecule has 0 saturated carbocycles. The normalized spacial score (nSPS) is 13.6. The number of aliphatic hydroxyl groups is 1. The second-order valence-electron chi connectivity index (χ2n) is 5.49. The number of rotatable bonds is 6. The number of hydrogen-bond donors (Lipinski definition) is 3. The molecule has 0 aliphatic carbocycles. The van der Waals surface area contributed by atoms with E-state index in [0.29, 0.717) is 24.1 Å². The molecule has 1 unspecified atom stereocenters. The monoisotopic (exact) mass is 335 g/mol. The van der Waals surface area contributed by atoms with Crippen molar-refractivity contribution in [3.63, 3.8) is 0 Å². The van der Waals surface area contributed by atoms with E-state index in [4.69, 9.17) is 0 Å². The third-order valence-electron chi connectivity index (χ3n) is 3.73. The maximum absolute atomic E-state index is 12.5. The fourth-order valence-electron chi connectivity index (χ4n) is 2.45. The molecule has 0 fully saturated rings. The zero-order valence-electron chi connectivity index (χ0n) is 13.5. The predicted octanol–water partition coefficient (Wildman–Crippen LogP) is 1.59. The van der Waals surface area contributed by atoms with Gasteiger partial charge in [0, 0.05) is 4.88 Å². The molecule has 0 aliphatic heterocycles. The maximum Gasteiger partial charge on any atom is 0.277 e. The number of nitrogens with zero attached hydrogens (tertiary/aromatic N) is 1. The Morgan fingerprint density at radius 3 is 2.74 bits per heavy atom. The molecule has 2 aromatic heterocycles. The number of aryl methyl sites for hydroxylation is 1. The molecule has 0 aromatic carbocycles. The van der Waals surface area contributed by atoms with Gasteiger partial charge in [-0.25, -0.2) is 5.10 Å². The van der Waals surface area contributed by atoms with Crippen molar-refractivity contribution in [2.24, 2.45) is 0 Å². The highest BCUT2D eigenvalue weighted by Crippen LogP contribution is 2.24. The number of hydrogen-bond acceptors (Lipinski definition) is 5. The summed E-state index contributed by atoms with van der Waals surface area (Å²) in [4.78, 5) is 25.2. The fourth-order valence-corrected chi connectivity index (χ4v) is 3.24. The van der Waals surface area contributed by atoms with Crippen molar-refractivity contribution in [2.75, 3.05) is 6.54 Å². The summed E-state index contributed by atoms with van der Waals surface area (Å²) in [6.07, 6.45) is 1.18. The number of carbonyl (C=O) groups excluding carboxylic acids is 1. The first-order valence-corrected chi connectivity index (χ1v) is 8.43. The lowest BCUT2D eigenvalue weighted by Gasteiger charge is -2.22. The predicted molar refractivity (Wildman–Crippen MR) is 89.8 cm³/mol. The second kappa shape index (κ2) is 7.06. The molecular weight excluding hydrogens is 314 g/mol. The third-order valence-corrected chi connectivity index (χ3v) is 4.85. The van der Waals surface area contributed by atoms with Crippen LogP contribution < -0.4 is 10.9 Å². The van der Waals surface area contributed by atoms with Crippen LogP contribution in [0.3, 0.4) is 0 Å². The van der Waals surface area contributed by atoms with Gasteiger partial charge < -0.3 is 10.4 Å². The molecule has 3 N–H and O–H groups in total. The Kier molecular flexibility index (Phi) is 5.33. The van der Waals surface area contributed by atoms with Gasteiger partial charge in [0.2, 0.25) is 0 Å². The van der Waals surface area contributed by atoms with Gasteiger partial charge in [-0.05, 0) is 36.8 Å². The van der Waals surface area contributed by atoms with Crippen molar-refractivity contribution in [1.29, 1.82) is 0 Å². The number of thiophene rings is 1. The van der Waals surface area contributed by atoms with Crippen LogP contribution in [0.5, 0.6) is 0 Å². The minimum absolute atomic E-state index is 0.0265. The number of aromatic nitrogens is 2. The first-order valence-electron chi connectivity index (χ1n) is 7.55. The molecule has 0 bridgehead atoms. The Morgan fingerprint density at radius 1 is 1.43 bits per heavy atom. The molecule has 0 aliphatic rings. The molecule has 23 heavy (non-hydrogen) atoms. The van der Waals surface area contributed by atoms with Crippen LogP contribution in [0.15, 0.2) is 22.3 Å². The van der Waals surface area contributed by atoms with E-state index >= 15 is 0 Å². The molecule has 1 amide bonds. The fraction of sp³-hybridized carbons (Fsp3) is 0.438. The van der Waals surface area contributed by atoms with E-state index in [1.165, 1.54) is 11.3 Å². The second-order valence-corrected chi connectivity index (χ2v) is 6.44. The van der Waals surface area contributed by atoms with Crippen molar-refractivity contribution in [2.45, 2.75) is 39.2 Å². The highest BCUT2D eigenvalue weighted by Gasteiger charge is 2.26. The minimum Gasteiger partial charge on any atom is -0.383 e. The zero-order valence-corrected chi connectivity index (χ0v) is 14.3. The average Bonchev–Trinajstić information content (AvgIpc) is 3.07. The maximum atomic E-state index is 12.5. The Hall–Kier alpha value is -1.99. The smallest absolute Gasteiger partial charge is 0.277 e. The van der Waals surface area contributed by atoms with Crippen molar-refractivity contribution in [1.82, 2.24) is 15.5 Å². The van der Waals surface area contributed by atoms with Gasteiger partial charge in [-0.3, -0.25) is 9.59 Å². The van der Waals surface area contributed by atoms with Crippen LogP contribution in [0, 0.1) is 0 Å². The van der Waals surface area contributed by atoms with Crippen LogP contribution in [0.1, 0.15) is 47.3 Å². The molecule has 2 heterocycles. The number of aromatic amines is 1. The van der Waals surface area contributed by atoms with Crippen molar-refractivity contribution in [3.05, 3.63) is 49.6 Å². The summed E-state index contributed by atoms with van der Waals surface area (Å²) >= 11 is 1.42. The summed E-state index contributed by atoms with van der Waals surface area (Å²) in [6.45, 7) is 5.46. The van der Waals surface area contributed by atoms with E-state index in [1.807, 2.05) is 31.4 Å². The van der Waals surface area contributed by atoms with Gasteiger partial charge >= 0.3 is 0 Å². The van der Waals surface area contributed by atoms with Gasteiger partial charge in [-0.2, -0.15) is 5.10 Å². The van der Waals surface area contributed by atoms with Gasteiger partial charge in [0.15, 0.2) is 0 Å². The van der Waals surface area contributed by atoms with Crippen LogP contribution in [0.2, 0.25) is 0 Å². The van der Waals surface area contributed by atoms with E-state index in [0.717, 1.165) is 4.88 Å². The highest BCUT2D eigenvalue weighted by molar-refractivity contribution is 7.10. The molecular formula is C16H21N3O3S. The summed E-state index contributed by atoms with van der Waals surface area (Å²) in [6, 6.07) is 3.65. The standard InChI is InChI=1S/C16H21N3O3S/c1-4-10-11(5-2)18-19-15(21)13(10)14(20)17-9-16(3,22)12-7-6-8-23-12/h6-8,22H,4-5,9H2,1-3H3,(H,17,20)(H,19,21). The first-order chi connectivity index (χ1) is 10.9. The number of amides is 1. The van der Waals surface area contributed by atoms with Gasteiger partial charge in [-0.15, -0.1) is 11.3 Å². The van der Waals surface area contributed by atoms with Crippen molar-refractivity contribution in [3.8, 4) is 0 Å². The van der Waals surface area contributed by atoms with Crippen LogP contribution in [0.4, 0.5) is 0 Å². The van der Waals surface area contributed by atoms with Gasteiger partial charge in [0.1, 0.15) is 11.2 Å². The lowest BCUT2D eigenvalue weighted by atomic mass is 10.0. The van der Waals surface area contributed by atoms with E-state index in [9.17, 15) is 14.7 Å². The quantitative estimate of drug-likeness (QED) is 0.747. The van der Waals surface area contributed by atoms with Gasteiger partial charge in [0.25, 0.3) is 11.5 Å². The molecule has 1 atom stereocenters. The Bertz CT molecular complexity index is 736. The Labute approximate surface area is 138 Å². The Balaban J connectivity index is 2.23. The van der Waals surface area contributed by atoms with E-state index in [1.54, 1.807) is 6.92 Å². The molecule has 124 valence electrons. The van der Waals surface area contributed by atoms with Crippen LogP contribution in [-0.4, -0.2) is 27.8 Å². The molecule has 0 spiro atoms. The first kappa shape index (κ1) is 17.4. The van der Waals surface area contributed by atoms with Gasteiger partial charge in [-0.1, -0.05) is 19.9 Å². The van der Waals surface area contributed by atoms with Crippen LogP contribution in [-0.2, 0) is 18.4 Å². The molecule has 0 radical (unpaired) electrons. The Morgan fingerprint density at radius 2 is 2.17 bits per heavy atom. The third kappa shape index (κ3) is 3.68. The van der Waals surface area contributed by atoms with E-state index in [-0.39, 0.29) is 12.1 Å². The number of carbonyl (C=O) groups is 1. The molecule has 2 rings (SSSR count). The summed E-state index contributed by atoms with van der Waals surface area (Å²) in [5, 5.41) is 21.4. The highest BCUT2D eigenvalue weighted by atomic mass is 32.1. The van der Waals surface area contributed by atoms with Crippen LogP contribution in [0.25, 0.3) is 0 Å². The average molecular weight is 335 g/mol. The molecule has 7 heteroatoms. The largest absolute Gasteiger partial charge is 0.383 e. The lowest BCUT2D eigenvalue weighted by molar-refractivity contribution is 0.0556. The number of H-pyrrole nitrogens is 1.